The number of unbranched alkanes of at least 4 members (excludes halogenated alkanes) is 2. The molecular weight excluding hydrogens is 1360 g/mol. The summed E-state index contributed by atoms with van der Waals surface area (Å²) in [6.45, 7) is 3.26. The summed E-state index contributed by atoms with van der Waals surface area (Å²) >= 11 is 3.50. The molecule has 5 heterocycles. The number of aromatic nitrogens is 1. The molecule has 4 N–H and O–H groups in total. The molecule has 94 heavy (non-hydrogen) atoms. The van der Waals surface area contributed by atoms with Gasteiger partial charge in [-0.2, -0.15) is 0 Å². The first-order chi connectivity index (χ1) is 45.3. The number of imide groups is 1. The number of thioether (sulfide) groups is 1. The standard InChI is InChI=1S/C65H86F2IN11O14S/c1-2-51-36-65(66,67)42-79(51)60(85)37-71-63(89)53-18-22-69-55-17-16-52(34-54(53)55)93-33-6-4-8-48-19-23-77(24-20-48)61(86)39-78-59(84)35-56(64(78)90)94-41-50(10-3-5-21-70-57(82)11-7-9-47-12-14-49(68)15-13-47)72-58(83)38-73-25-26-74(40-62(87)88)28-30-76(44-92-46-81)32-31-75(29-27-73)43-91-45-80/h1,12-18,22,34,45-46,48,50-51,56H,3-11,19-21,23-33,35-44H2,(H,70,82)(H,71,89)(H,72,83)(H,87,88)/t50-,51-,56?/m0/s1. The topological polar surface area (TPSA) is 290 Å². The van der Waals surface area contributed by atoms with Gasteiger partial charge < -0.3 is 45.1 Å². The van der Waals surface area contributed by atoms with Crippen LogP contribution in [-0.2, 0) is 59.0 Å². The summed E-state index contributed by atoms with van der Waals surface area (Å²) < 4.78 is 45.3. The lowest BCUT2D eigenvalue weighted by Gasteiger charge is -2.33. The number of hydrogen-bond donors (Lipinski definition) is 4. The summed E-state index contributed by atoms with van der Waals surface area (Å²) in [6.07, 6.45) is 13.7. The average molecular weight is 1440 g/mol. The fraction of sp³-hybridized carbons (Fsp3) is 0.585. The van der Waals surface area contributed by atoms with Gasteiger partial charge in [-0.1, -0.05) is 24.5 Å². The zero-order valence-corrected chi connectivity index (χ0v) is 55.9. The maximum atomic E-state index is 14.1. The van der Waals surface area contributed by atoms with E-state index in [1.54, 1.807) is 28.0 Å². The summed E-state index contributed by atoms with van der Waals surface area (Å²) in [5.41, 5.74) is 1.91. The number of hydrogen-bond acceptors (Lipinski definition) is 19. The second-order valence-corrected chi connectivity index (χ2v) is 26.5. The van der Waals surface area contributed by atoms with Gasteiger partial charge in [0.05, 0.1) is 55.2 Å². The minimum atomic E-state index is -3.10. The molecular formula is C65H86F2IN11O14S. The Morgan fingerprint density at radius 2 is 1.47 bits per heavy atom. The number of terminal acetylenes is 1. The lowest BCUT2D eigenvalue weighted by atomic mass is 9.91. The maximum Gasteiger partial charge on any atom is 0.317 e. The fourth-order valence-electron chi connectivity index (χ4n) is 11.8. The van der Waals surface area contributed by atoms with Gasteiger partial charge in [0, 0.05) is 118 Å². The maximum absolute atomic E-state index is 14.1. The molecule has 29 heteroatoms. The Hall–Kier alpha value is -7.11. The van der Waals surface area contributed by atoms with Gasteiger partial charge >= 0.3 is 5.97 Å². The highest BCUT2D eigenvalue weighted by molar-refractivity contribution is 14.1. The molecule has 3 atom stereocenters. The van der Waals surface area contributed by atoms with Crippen LogP contribution in [-0.4, -0.2) is 258 Å². The van der Waals surface area contributed by atoms with Crippen LogP contribution in [0.4, 0.5) is 8.78 Å². The predicted octanol–water partition coefficient (Wildman–Crippen LogP) is 3.45. The Kier molecular flexibility index (Phi) is 30.4. The monoisotopic (exact) mass is 1440 g/mol. The zero-order chi connectivity index (χ0) is 67.4. The second-order valence-electron chi connectivity index (χ2n) is 24.1. The zero-order valence-electron chi connectivity index (χ0n) is 52.9. The Labute approximate surface area is 564 Å². The third kappa shape index (κ3) is 24.6. The van der Waals surface area contributed by atoms with Crippen LogP contribution in [0, 0.1) is 21.8 Å². The van der Waals surface area contributed by atoms with Crippen molar-refractivity contribution in [3.05, 3.63) is 69.4 Å². The van der Waals surface area contributed by atoms with E-state index in [4.69, 9.17) is 20.6 Å². The summed E-state index contributed by atoms with van der Waals surface area (Å²) in [5, 5.41) is 18.1. The van der Waals surface area contributed by atoms with Crippen molar-refractivity contribution in [1.29, 1.82) is 0 Å². The number of nitrogens with one attached hydrogen (secondary N) is 3. The molecule has 0 spiro atoms. The van der Waals surface area contributed by atoms with Crippen molar-refractivity contribution in [2.75, 3.05) is 131 Å². The number of halogens is 3. The fourth-order valence-corrected chi connectivity index (χ4v) is 13.4. The van der Waals surface area contributed by atoms with Crippen molar-refractivity contribution in [2.45, 2.75) is 107 Å². The third-order valence-electron chi connectivity index (χ3n) is 17.1. The summed E-state index contributed by atoms with van der Waals surface area (Å²) in [5.74, 6) is -3.66. The largest absolute Gasteiger partial charge is 0.494 e. The number of rotatable bonds is 34. The van der Waals surface area contributed by atoms with Crippen LogP contribution in [0.5, 0.6) is 5.75 Å². The van der Waals surface area contributed by atoms with E-state index in [0.717, 1.165) is 57.5 Å². The number of amides is 7. The van der Waals surface area contributed by atoms with Crippen molar-refractivity contribution in [3.63, 3.8) is 0 Å². The average Bonchev–Trinajstić information content (AvgIpc) is 1.14. The highest BCUT2D eigenvalue weighted by Crippen LogP contribution is 2.32. The molecule has 2 aromatic carbocycles. The molecule has 4 saturated heterocycles. The normalized spacial score (nSPS) is 19.1. The number of alkyl halides is 2. The van der Waals surface area contributed by atoms with Crippen molar-refractivity contribution < 1.29 is 76.0 Å². The van der Waals surface area contributed by atoms with Gasteiger partial charge in [0.25, 0.3) is 24.8 Å². The Bertz CT molecular complexity index is 3110. The number of carbonyl (C=O) groups excluding carboxylic acids is 9. The molecule has 4 fully saturated rings. The van der Waals surface area contributed by atoms with E-state index >= 15 is 0 Å². The SMILES string of the molecule is C#C[C@H]1CC(F)(F)CN1C(=O)CNC(=O)c1ccnc2ccc(OCCCCC3CCN(C(=O)CN4C(=O)CC(SC[C@H](CCCCNC(=O)CCCc5ccc(I)cc5)NC(=O)CN5CCN(COC=O)CCN(COC=O)CCN(CC(=O)O)CC5)C4=O)CC3)cc12. The van der Waals surface area contributed by atoms with Crippen LogP contribution in [0.3, 0.4) is 0 Å². The number of nitrogens with zero attached hydrogens (tertiary/aromatic N) is 8. The number of ether oxygens (including phenoxy) is 3. The van der Waals surface area contributed by atoms with E-state index in [2.05, 4.69) is 61.6 Å². The Balaban J connectivity index is 0.864. The van der Waals surface area contributed by atoms with E-state index in [9.17, 15) is 61.8 Å². The lowest BCUT2D eigenvalue weighted by molar-refractivity contribution is -0.146. The molecule has 0 saturated carbocycles. The van der Waals surface area contributed by atoms with E-state index in [1.165, 1.54) is 24.0 Å². The number of piperidine rings is 1. The van der Waals surface area contributed by atoms with Gasteiger partial charge in [0.1, 0.15) is 25.8 Å². The molecule has 512 valence electrons. The third-order valence-corrected chi connectivity index (χ3v) is 19.2. The van der Waals surface area contributed by atoms with Crippen molar-refractivity contribution >= 4 is 106 Å². The molecule has 7 rings (SSSR count). The number of carbonyl (C=O) groups is 10. The minimum Gasteiger partial charge on any atom is -0.494 e. The smallest absolute Gasteiger partial charge is 0.317 e. The molecule has 7 amide bonds. The minimum absolute atomic E-state index is 0.00946. The van der Waals surface area contributed by atoms with Gasteiger partial charge in [-0.3, -0.25) is 77.4 Å². The number of likely N-dealkylation sites (tertiary alicyclic amines) is 3. The highest BCUT2D eigenvalue weighted by Gasteiger charge is 2.46. The summed E-state index contributed by atoms with van der Waals surface area (Å²) in [6, 6.07) is 13.3. The quantitative estimate of drug-likeness (QED) is 0.0219. The van der Waals surface area contributed by atoms with E-state index in [-0.39, 0.29) is 68.6 Å². The number of carboxylic acids is 1. The van der Waals surface area contributed by atoms with Crippen LogP contribution < -0.4 is 20.7 Å². The van der Waals surface area contributed by atoms with E-state index in [1.807, 2.05) is 26.8 Å². The number of benzene rings is 2. The molecule has 25 nitrogen and oxygen atoms in total. The van der Waals surface area contributed by atoms with E-state index in [0.29, 0.717) is 146 Å². The van der Waals surface area contributed by atoms with Crippen LogP contribution in [0.15, 0.2) is 54.7 Å². The van der Waals surface area contributed by atoms with Gasteiger partial charge in [0.2, 0.25) is 35.4 Å². The molecule has 4 aliphatic heterocycles. The van der Waals surface area contributed by atoms with Crippen LogP contribution >= 0.6 is 34.4 Å². The molecule has 4 aliphatic rings. The number of aryl methyl sites for hydroxylation is 1. The molecule has 0 bridgehead atoms. The Morgan fingerprint density at radius 1 is 0.798 bits per heavy atom. The van der Waals surface area contributed by atoms with Gasteiger partial charge in [-0.25, -0.2) is 8.78 Å². The first kappa shape index (κ1) is 74.3. The van der Waals surface area contributed by atoms with E-state index < -0.39 is 72.4 Å². The van der Waals surface area contributed by atoms with Gasteiger partial charge in [-0.15, -0.1) is 18.2 Å². The Morgan fingerprint density at radius 3 is 2.13 bits per heavy atom. The molecule has 0 aliphatic carbocycles. The van der Waals surface area contributed by atoms with Gasteiger partial charge in [-0.05, 0) is 128 Å². The van der Waals surface area contributed by atoms with Crippen LogP contribution in [0.2, 0.25) is 0 Å². The lowest BCUT2D eigenvalue weighted by Crippen LogP contribution is -2.50. The number of aliphatic carboxylic acids is 1. The first-order valence-electron chi connectivity index (χ1n) is 32.0. The predicted molar refractivity (Wildman–Crippen MR) is 353 cm³/mol. The van der Waals surface area contributed by atoms with Crippen LogP contribution in [0.25, 0.3) is 10.9 Å². The molecule has 0 radical (unpaired) electrons. The summed E-state index contributed by atoms with van der Waals surface area (Å²) in [4.78, 5) is 143. The highest BCUT2D eigenvalue weighted by atomic mass is 127. The summed E-state index contributed by atoms with van der Waals surface area (Å²) in [7, 11) is 0. The molecule has 3 aromatic rings. The number of pyridine rings is 1. The number of fused-ring (bicyclic) bond motifs is 1. The molecule has 1 unspecified atom stereocenters. The number of carboxylic acid groups (broad SMARTS) is 1. The van der Waals surface area contributed by atoms with Crippen molar-refractivity contribution in [1.82, 2.24) is 55.2 Å². The van der Waals surface area contributed by atoms with Crippen molar-refractivity contribution in [2.24, 2.45) is 5.92 Å². The molecule has 1 aromatic heterocycles. The van der Waals surface area contributed by atoms with Gasteiger partial charge in [0.15, 0.2) is 0 Å². The van der Waals surface area contributed by atoms with Crippen molar-refractivity contribution in [3.8, 4) is 18.1 Å². The second kappa shape index (κ2) is 38.4. The first-order valence-corrected chi connectivity index (χ1v) is 34.1. The van der Waals surface area contributed by atoms with Crippen LogP contribution in [0.1, 0.15) is 93.0 Å².